The van der Waals surface area contributed by atoms with Crippen molar-refractivity contribution in [2.24, 2.45) is 11.8 Å². The van der Waals surface area contributed by atoms with E-state index in [1.54, 1.807) is 0 Å². The molecule has 2 heteroatoms. The highest BCUT2D eigenvalue weighted by Gasteiger charge is 2.13. The van der Waals surface area contributed by atoms with Gasteiger partial charge in [-0.3, -0.25) is 0 Å². The van der Waals surface area contributed by atoms with Crippen LogP contribution in [0.3, 0.4) is 0 Å². The van der Waals surface area contributed by atoms with Crippen molar-refractivity contribution in [3.63, 3.8) is 0 Å². The summed E-state index contributed by atoms with van der Waals surface area (Å²) in [5, 5.41) is 3.35. The summed E-state index contributed by atoms with van der Waals surface area (Å²) in [5.74, 6) is 1.59. The lowest BCUT2D eigenvalue weighted by Crippen LogP contribution is -2.14. The summed E-state index contributed by atoms with van der Waals surface area (Å²) in [6.45, 7) is 8.78. The molecule has 0 aliphatic carbocycles. The van der Waals surface area contributed by atoms with Gasteiger partial charge in [0.1, 0.15) is 0 Å². The molecule has 1 saturated heterocycles. The van der Waals surface area contributed by atoms with Gasteiger partial charge < -0.3 is 10.1 Å². The lowest BCUT2D eigenvalue weighted by molar-refractivity contribution is 0.1000. The van der Waals surface area contributed by atoms with Gasteiger partial charge in [0.2, 0.25) is 0 Å². The van der Waals surface area contributed by atoms with Crippen molar-refractivity contribution in [2.45, 2.75) is 33.1 Å². The number of rotatable bonds is 6. The first kappa shape index (κ1) is 11.0. The predicted octanol–water partition coefficient (Wildman–Crippen LogP) is 2.05. The number of hydrogen-bond acceptors (Lipinski definition) is 2. The molecule has 1 rings (SSSR count). The molecule has 1 aliphatic rings. The van der Waals surface area contributed by atoms with E-state index in [1.165, 1.54) is 25.8 Å². The number of hydrogen-bond donors (Lipinski definition) is 1. The summed E-state index contributed by atoms with van der Waals surface area (Å²) in [6.07, 6.45) is 3.81. The molecule has 0 aromatic carbocycles. The van der Waals surface area contributed by atoms with Crippen LogP contribution in [0.25, 0.3) is 0 Å². The van der Waals surface area contributed by atoms with Crippen LogP contribution in [-0.2, 0) is 4.74 Å². The highest BCUT2D eigenvalue weighted by Crippen LogP contribution is 2.08. The molecule has 0 aromatic rings. The van der Waals surface area contributed by atoms with E-state index in [4.69, 9.17) is 4.74 Å². The fourth-order valence-corrected chi connectivity index (χ4v) is 1.70. The maximum Gasteiger partial charge on any atom is 0.0506 e. The molecule has 13 heavy (non-hydrogen) atoms. The Hall–Kier alpha value is -0.0800. The summed E-state index contributed by atoms with van der Waals surface area (Å²) in [4.78, 5) is 0. The van der Waals surface area contributed by atoms with Crippen LogP contribution >= 0.6 is 0 Å². The van der Waals surface area contributed by atoms with Crippen LogP contribution in [0.4, 0.5) is 0 Å². The molecule has 0 amide bonds. The highest BCUT2D eigenvalue weighted by atomic mass is 16.5. The third kappa shape index (κ3) is 5.27. The Morgan fingerprint density at radius 3 is 2.92 bits per heavy atom. The minimum Gasteiger partial charge on any atom is -0.381 e. The van der Waals surface area contributed by atoms with Crippen LogP contribution in [0.2, 0.25) is 0 Å². The second kappa shape index (κ2) is 6.39. The Balaban J connectivity index is 1.83. The first-order valence-electron chi connectivity index (χ1n) is 5.57. The van der Waals surface area contributed by atoms with Gasteiger partial charge in [-0.25, -0.2) is 0 Å². The van der Waals surface area contributed by atoms with E-state index >= 15 is 0 Å². The second-order valence-corrected chi connectivity index (χ2v) is 4.47. The molecular formula is C11H23NO. The Labute approximate surface area is 82.0 Å². The maximum atomic E-state index is 5.63. The molecule has 0 saturated carbocycles. The fraction of sp³-hybridized carbons (Fsp3) is 1.00. The maximum absolute atomic E-state index is 5.63. The third-order valence-electron chi connectivity index (χ3n) is 2.59. The zero-order valence-corrected chi connectivity index (χ0v) is 9.01. The van der Waals surface area contributed by atoms with E-state index in [1.807, 2.05) is 0 Å². The second-order valence-electron chi connectivity index (χ2n) is 4.47. The largest absolute Gasteiger partial charge is 0.381 e. The molecule has 0 bridgehead atoms. The molecule has 78 valence electrons. The van der Waals surface area contributed by atoms with Crippen molar-refractivity contribution in [1.82, 2.24) is 5.32 Å². The van der Waals surface area contributed by atoms with Gasteiger partial charge >= 0.3 is 0 Å². The minimum atomic E-state index is 0.777. The van der Waals surface area contributed by atoms with E-state index in [0.717, 1.165) is 31.6 Å². The van der Waals surface area contributed by atoms with Crippen LogP contribution < -0.4 is 5.32 Å². The van der Waals surface area contributed by atoms with Gasteiger partial charge in [0, 0.05) is 13.2 Å². The standard InChI is InChI=1S/C11H23NO/c1-10(2)4-3-7-13-9-11-5-6-12-8-11/h10-12H,3-9H2,1-2H3. The highest BCUT2D eigenvalue weighted by molar-refractivity contribution is 4.70. The monoisotopic (exact) mass is 185 g/mol. The molecule has 1 atom stereocenters. The van der Waals surface area contributed by atoms with Crippen LogP contribution in [0.5, 0.6) is 0 Å². The zero-order chi connectivity index (χ0) is 9.52. The van der Waals surface area contributed by atoms with Crippen molar-refractivity contribution in [1.29, 1.82) is 0 Å². The summed E-state index contributed by atoms with van der Waals surface area (Å²) in [6, 6.07) is 0. The normalized spacial score (nSPS) is 22.8. The van der Waals surface area contributed by atoms with Gasteiger partial charge in [-0.05, 0) is 37.6 Å². The summed E-state index contributed by atoms with van der Waals surface area (Å²) >= 11 is 0. The Kier molecular flexibility index (Phi) is 5.40. The zero-order valence-electron chi connectivity index (χ0n) is 9.01. The Morgan fingerprint density at radius 1 is 1.46 bits per heavy atom. The summed E-state index contributed by atoms with van der Waals surface area (Å²) in [5.41, 5.74) is 0. The van der Waals surface area contributed by atoms with Gasteiger partial charge in [0.15, 0.2) is 0 Å². The average molecular weight is 185 g/mol. The van der Waals surface area contributed by atoms with Gasteiger partial charge in [0.25, 0.3) is 0 Å². The smallest absolute Gasteiger partial charge is 0.0506 e. The fourth-order valence-electron chi connectivity index (χ4n) is 1.70. The quantitative estimate of drug-likeness (QED) is 0.639. The third-order valence-corrected chi connectivity index (χ3v) is 2.59. The van der Waals surface area contributed by atoms with Gasteiger partial charge in [-0.1, -0.05) is 13.8 Å². The lowest BCUT2D eigenvalue weighted by Gasteiger charge is -2.09. The van der Waals surface area contributed by atoms with E-state index < -0.39 is 0 Å². The predicted molar refractivity (Wildman–Crippen MR) is 55.9 cm³/mol. The summed E-state index contributed by atoms with van der Waals surface area (Å²) in [7, 11) is 0. The molecule has 1 unspecified atom stereocenters. The molecule has 1 N–H and O–H groups in total. The minimum absolute atomic E-state index is 0.777. The Morgan fingerprint density at radius 2 is 2.31 bits per heavy atom. The lowest BCUT2D eigenvalue weighted by atomic mass is 10.1. The van der Waals surface area contributed by atoms with E-state index in [2.05, 4.69) is 19.2 Å². The SMILES string of the molecule is CC(C)CCCOCC1CCNC1. The number of ether oxygens (including phenoxy) is 1. The molecule has 0 radical (unpaired) electrons. The molecule has 0 spiro atoms. The van der Waals surface area contributed by atoms with Gasteiger partial charge in [-0.2, -0.15) is 0 Å². The topological polar surface area (TPSA) is 21.3 Å². The van der Waals surface area contributed by atoms with Crippen molar-refractivity contribution in [3.05, 3.63) is 0 Å². The Bertz CT molecular complexity index is 119. The molecular weight excluding hydrogens is 162 g/mol. The van der Waals surface area contributed by atoms with Crippen LogP contribution in [0.15, 0.2) is 0 Å². The van der Waals surface area contributed by atoms with Crippen molar-refractivity contribution < 1.29 is 4.74 Å². The van der Waals surface area contributed by atoms with Gasteiger partial charge in [-0.15, -0.1) is 0 Å². The molecule has 1 heterocycles. The van der Waals surface area contributed by atoms with Crippen molar-refractivity contribution in [2.75, 3.05) is 26.3 Å². The average Bonchev–Trinajstić information content (AvgIpc) is 2.55. The molecule has 1 aliphatic heterocycles. The van der Waals surface area contributed by atoms with E-state index in [9.17, 15) is 0 Å². The first-order valence-corrected chi connectivity index (χ1v) is 5.57. The molecule has 0 aromatic heterocycles. The molecule has 2 nitrogen and oxygen atoms in total. The molecule has 1 fully saturated rings. The first-order chi connectivity index (χ1) is 6.29. The van der Waals surface area contributed by atoms with Gasteiger partial charge in [0.05, 0.1) is 6.61 Å². The van der Waals surface area contributed by atoms with Crippen molar-refractivity contribution in [3.8, 4) is 0 Å². The van der Waals surface area contributed by atoms with Crippen LogP contribution in [0, 0.1) is 11.8 Å². The van der Waals surface area contributed by atoms with E-state index in [-0.39, 0.29) is 0 Å². The number of nitrogens with one attached hydrogen (secondary N) is 1. The van der Waals surface area contributed by atoms with Crippen molar-refractivity contribution >= 4 is 0 Å². The van der Waals surface area contributed by atoms with E-state index in [0.29, 0.717) is 0 Å². The van der Waals surface area contributed by atoms with Crippen LogP contribution in [-0.4, -0.2) is 26.3 Å². The van der Waals surface area contributed by atoms with Crippen LogP contribution in [0.1, 0.15) is 33.1 Å². The summed E-state index contributed by atoms with van der Waals surface area (Å²) < 4.78 is 5.63.